The molecule has 1 fully saturated rings. The smallest absolute Gasteiger partial charge is 0.407 e. The molecule has 6 heteroatoms. The molecule has 0 aromatic rings. The standard InChI is InChI=1S/C18H35N3O3/c1-5-16(22)8-13-21-12-7-11-20(14-15-21)10-6-9-19-17(23)24-18(2,3)4/h5,16,22H,1,6-15H2,2-4H3,(H,19,23)/t16-/m1/s1. The summed E-state index contributed by atoms with van der Waals surface area (Å²) in [4.78, 5) is 16.4. The first-order valence-electron chi connectivity index (χ1n) is 9.02. The van der Waals surface area contributed by atoms with Crippen molar-refractivity contribution in [2.75, 3.05) is 45.8 Å². The molecule has 0 aliphatic carbocycles. The minimum absolute atomic E-state index is 0.342. The number of carbonyl (C=O) groups is 1. The van der Waals surface area contributed by atoms with Gasteiger partial charge in [-0.05, 0) is 59.7 Å². The molecule has 1 aliphatic rings. The zero-order valence-corrected chi connectivity index (χ0v) is 15.6. The van der Waals surface area contributed by atoms with Gasteiger partial charge in [0.15, 0.2) is 0 Å². The Morgan fingerprint density at radius 1 is 1.25 bits per heavy atom. The molecule has 0 aromatic carbocycles. The van der Waals surface area contributed by atoms with Crippen molar-refractivity contribution in [2.45, 2.75) is 51.7 Å². The number of hydrogen-bond acceptors (Lipinski definition) is 5. The molecule has 0 aromatic heterocycles. The van der Waals surface area contributed by atoms with Crippen LogP contribution in [0.5, 0.6) is 0 Å². The van der Waals surface area contributed by atoms with E-state index in [1.807, 2.05) is 20.8 Å². The van der Waals surface area contributed by atoms with E-state index < -0.39 is 11.7 Å². The molecular formula is C18H35N3O3. The Labute approximate surface area is 146 Å². The van der Waals surface area contributed by atoms with Gasteiger partial charge in [-0.15, -0.1) is 6.58 Å². The van der Waals surface area contributed by atoms with Crippen molar-refractivity contribution in [3.8, 4) is 0 Å². The second kappa shape index (κ2) is 10.7. The predicted molar refractivity (Wildman–Crippen MR) is 97.2 cm³/mol. The number of nitrogens with zero attached hydrogens (tertiary/aromatic N) is 2. The van der Waals surface area contributed by atoms with Gasteiger partial charge in [0, 0.05) is 26.2 Å². The van der Waals surface area contributed by atoms with Crippen molar-refractivity contribution in [3.05, 3.63) is 12.7 Å². The molecule has 1 amide bonds. The number of aliphatic hydroxyl groups is 1. The van der Waals surface area contributed by atoms with Crippen LogP contribution in [0.2, 0.25) is 0 Å². The maximum Gasteiger partial charge on any atom is 0.407 e. The first-order valence-corrected chi connectivity index (χ1v) is 9.02. The Bertz CT molecular complexity index is 382. The summed E-state index contributed by atoms with van der Waals surface area (Å²) < 4.78 is 5.22. The molecule has 1 atom stereocenters. The molecule has 1 aliphatic heterocycles. The third-order valence-electron chi connectivity index (χ3n) is 4.01. The van der Waals surface area contributed by atoms with Crippen LogP contribution in [0.15, 0.2) is 12.7 Å². The topological polar surface area (TPSA) is 65.0 Å². The highest BCUT2D eigenvalue weighted by Gasteiger charge is 2.17. The summed E-state index contributed by atoms with van der Waals surface area (Å²) in [5.74, 6) is 0. The fraction of sp³-hybridized carbons (Fsp3) is 0.833. The van der Waals surface area contributed by atoms with Crippen LogP contribution in [0.1, 0.15) is 40.0 Å². The van der Waals surface area contributed by atoms with E-state index in [2.05, 4.69) is 21.7 Å². The van der Waals surface area contributed by atoms with Crippen LogP contribution in [0.4, 0.5) is 4.79 Å². The van der Waals surface area contributed by atoms with E-state index in [9.17, 15) is 9.90 Å². The van der Waals surface area contributed by atoms with Crippen LogP contribution in [0.3, 0.4) is 0 Å². The van der Waals surface area contributed by atoms with Crippen molar-refractivity contribution < 1.29 is 14.6 Å². The lowest BCUT2D eigenvalue weighted by atomic mass is 10.2. The third kappa shape index (κ3) is 9.90. The normalized spacial score (nSPS) is 18.7. The Balaban J connectivity index is 2.14. The summed E-state index contributed by atoms with van der Waals surface area (Å²) in [6.45, 7) is 16.0. The third-order valence-corrected chi connectivity index (χ3v) is 4.01. The van der Waals surface area contributed by atoms with Gasteiger partial charge in [-0.3, -0.25) is 0 Å². The molecule has 24 heavy (non-hydrogen) atoms. The molecular weight excluding hydrogens is 306 g/mol. The summed E-state index contributed by atoms with van der Waals surface area (Å²) in [5, 5.41) is 12.4. The van der Waals surface area contributed by atoms with E-state index in [1.165, 1.54) is 0 Å². The molecule has 140 valence electrons. The second-order valence-electron chi connectivity index (χ2n) is 7.41. The Hall–Kier alpha value is -1.11. The maximum atomic E-state index is 11.6. The largest absolute Gasteiger partial charge is 0.444 e. The van der Waals surface area contributed by atoms with Gasteiger partial charge in [0.1, 0.15) is 5.60 Å². The quantitative estimate of drug-likeness (QED) is 0.521. The van der Waals surface area contributed by atoms with Crippen molar-refractivity contribution in [1.82, 2.24) is 15.1 Å². The SMILES string of the molecule is C=C[C@@H](O)CCN1CCCN(CCCNC(=O)OC(C)(C)C)CC1. The van der Waals surface area contributed by atoms with Gasteiger partial charge in [0.25, 0.3) is 0 Å². The molecule has 0 radical (unpaired) electrons. The average Bonchev–Trinajstić information content (AvgIpc) is 2.72. The Kier molecular flexibility index (Phi) is 9.33. The van der Waals surface area contributed by atoms with Crippen LogP contribution < -0.4 is 5.32 Å². The summed E-state index contributed by atoms with van der Waals surface area (Å²) in [5.41, 5.74) is -0.447. The number of carbonyl (C=O) groups excluding carboxylic acids is 1. The fourth-order valence-corrected chi connectivity index (χ4v) is 2.71. The minimum atomic E-state index is -0.447. The van der Waals surface area contributed by atoms with Gasteiger partial charge in [0.2, 0.25) is 0 Å². The van der Waals surface area contributed by atoms with E-state index in [-0.39, 0.29) is 6.09 Å². The monoisotopic (exact) mass is 341 g/mol. The van der Waals surface area contributed by atoms with Gasteiger partial charge < -0.3 is 25.0 Å². The highest BCUT2D eigenvalue weighted by atomic mass is 16.6. The Morgan fingerprint density at radius 3 is 2.46 bits per heavy atom. The number of nitrogens with one attached hydrogen (secondary N) is 1. The van der Waals surface area contributed by atoms with E-state index in [4.69, 9.17) is 4.74 Å². The van der Waals surface area contributed by atoms with Crippen LogP contribution in [-0.4, -0.2) is 78.5 Å². The number of ether oxygens (including phenoxy) is 1. The Morgan fingerprint density at radius 2 is 1.88 bits per heavy atom. The van der Waals surface area contributed by atoms with Crippen LogP contribution in [0, 0.1) is 0 Å². The summed E-state index contributed by atoms with van der Waals surface area (Å²) in [6, 6.07) is 0. The van der Waals surface area contributed by atoms with Gasteiger partial charge in [0.05, 0.1) is 6.10 Å². The highest BCUT2D eigenvalue weighted by molar-refractivity contribution is 5.67. The van der Waals surface area contributed by atoms with Crippen molar-refractivity contribution in [2.24, 2.45) is 0 Å². The average molecular weight is 341 g/mol. The predicted octanol–water partition coefficient (Wildman–Crippen LogP) is 1.85. The van der Waals surface area contributed by atoms with Crippen LogP contribution in [0.25, 0.3) is 0 Å². The number of rotatable bonds is 8. The fourth-order valence-electron chi connectivity index (χ4n) is 2.71. The number of hydrogen-bond donors (Lipinski definition) is 2. The molecule has 2 N–H and O–H groups in total. The molecule has 6 nitrogen and oxygen atoms in total. The molecule has 1 heterocycles. The molecule has 0 saturated carbocycles. The van der Waals surface area contributed by atoms with Crippen LogP contribution in [-0.2, 0) is 4.74 Å². The van der Waals surface area contributed by atoms with Gasteiger partial charge in [-0.25, -0.2) is 4.79 Å². The lowest BCUT2D eigenvalue weighted by Crippen LogP contribution is -2.35. The van der Waals surface area contributed by atoms with Crippen molar-refractivity contribution in [1.29, 1.82) is 0 Å². The van der Waals surface area contributed by atoms with E-state index in [0.717, 1.165) is 58.5 Å². The van der Waals surface area contributed by atoms with E-state index in [1.54, 1.807) is 6.08 Å². The minimum Gasteiger partial charge on any atom is -0.444 e. The second-order valence-corrected chi connectivity index (χ2v) is 7.41. The van der Waals surface area contributed by atoms with Gasteiger partial charge in [-0.2, -0.15) is 0 Å². The summed E-state index contributed by atoms with van der Waals surface area (Å²) in [6.07, 6.45) is 3.68. The molecule has 0 bridgehead atoms. The van der Waals surface area contributed by atoms with Crippen molar-refractivity contribution >= 4 is 6.09 Å². The molecule has 0 spiro atoms. The zero-order valence-electron chi connectivity index (χ0n) is 15.6. The lowest BCUT2D eigenvalue weighted by Gasteiger charge is -2.22. The number of aliphatic hydroxyl groups excluding tert-OH is 1. The molecule has 1 rings (SSSR count). The maximum absolute atomic E-state index is 11.6. The van der Waals surface area contributed by atoms with Crippen LogP contribution >= 0.6 is 0 Å². The summed E-state index contributed by atoms with van der Waals surface area (Å²) in [7, 11) is 0. The first-order chi connectivity index (χ1) is 11.3. The number of alkyl carbamates (subject to hydrolysis) is 1. The van der Waals surface area contributed by atoms with E-state index >= 15 is 0 Å². The van der Waals surface area contributed by atoms with Gasteiger partial charge >= 0.3 is 6.09 Å². The highest BCUT2D eigenvalue weighted by Crippen LogP contribution is 2.07. The van der Waals surface area contributed by atoms with E-state index in [0.29, 0.717) is 6.54 Å². The molecule has 1 saturated heterocycles. The number of amides is 1. The first kappa shape index (κ1) is 20.9. The van der Waals surface area contributed by atoms with Crippen molar-refractivity contribution in [3.63, 3.8) is 0 Å². The zero-order chi connectivity index (χ0) is 18.0. The summed E-state index contributed by atoms with van der Waals surface area (Å²) >= 11 is 0. The lowest BCUT2D eigenvalue weighted by molar-refractivity contribution is 0.0525. The van der Waals surface area contributed by atoms with Gasteiger partial charge in [-0.1, -0.05) is 6.08 Å². The molecule has 0 unspecified atom stereocenters.